The van der Waals surface area contributed by atoms with Crippen LogP contribution in [0, 0.1) is 0 Å². The second kappa shape index (κ2) is 5.83. The van der Waals surface area contributed by atoms with Crippen molar-refractivity contribution in [2.24, 2.45) is 7.05 Å². The van der Waals surface area contributed by atoms with Crippen molar-refractivity contribution in [3.05, 3.63) is 24.0 Å². The lowest BCUT2D eigenvalue weighted by molar-refractivity contribution is -0.142. The van der Waals surface area contributed by atoms with Gasteiger partial charge in [0.25, 0.3) is 0 Å². The SMILES string of the molecule is CCN(CC(=O)O)C(=O)/C=C/c1cnn(C)c1. The van der Waals surface area contributed by atoms with Gasteiger partial charge >= 0.3 is 5.97 Å². The van der Waals surface area contributed by atoms with E-state index in [9.17, 15) is 9.59 Å². The fourth-order valence-electron chi connectivity index (χ4n) is 1.31. The molecule has 0 spiro atoms. The molecule has 0 aromatic carbocycles. The van der Waals surface area contributed by atoms with E-state index in [0.717, 1.165) is 5.56 Å². The Morgan fingerprint density at radius 2 is 2.29 bits per heavy atom. The van der Waals surface area contributed by atoms with Crippen molar-refractivity contribution in [3.8, 4) is 0 Å². The van der Waals surface area contributed by atoms with E-state index in [2.05, 4.69) is 5.10 Å². The highest BCUT2D eigenvalue weighted by Gasteiger charge is 2.11. The number of hydrogen-bond acceptors (Lipinski definition) is 3. The maximum Gasteiger partial charge on any atom is 0.323 e. The first-order chi connectivity index (χ1) is 8.02. The topological polar surface area (TPSA) is 75.4 Å². The second-order valence-electron chi connectivity index (χ2n) is 3.53. The Morgan fingerprint density at radius 1 is 1.59 bits per heavy atom. The van der Waals surface area contributed by atoms with Crippen LogP contribution in [0.5, 0.6) is 0 Å². The highest BCUT2D eigenvalue weighted by molar-refractivity contribution is 5.93. The predicted octanol–water partition coefficient (Wildman–Crippen LogP) is 0.366. The van der Waals surface area contributed by atoms with Crippen LogP contribution in [0.4, 0.5) is 0 Å². The summed E-state index contributed by atoms with van der Waals surface area (Å²) in [6, 6.07) is 0. The van der Waals surface area contributed by atoms with E-state index in [1.165, 1.54) is 11.0 Å². The molecule has 1 amide bonds. The van der Waals surface area contributed by atoms with E-state index in [0.29, 0.717) is 6.54 Å². The summed E-state index contributed by atoms with van der Waals surface area (Å²) >= 11 is 0. The Balaban J connectivity index is 2.63. The van der Waals surface area contributed by atoms with E-state index in [-0.39, 0.29) is 12.5 Å². The zero-order chi connectivity index (χ0) is 12.8. The number of carbonyl (C=O) groups excluding carboxylic acids is 1. The summed E-state index contributed by atoms with van der Waals surface area (Å²) in [7, 11) is 1.78. The van der Waals surface area contributed by atoms with E-state index >= 15 is 0 Å². The van der Waals surface area contributed by atoms with E-state index in [1.54, 1.807) is 37.1 Å². The quantitative estimate of drug-likeness (QED) is 0.750. The Morgan fingerprint density at radius 3 is 2.76 bits per heavy atom. The first-order valence-corrected chi connectivity index (χ1v) is 5.20. The van der Waals surface area contributed by atoms with Gasteiger partial charge in [0.15, 0.2) is 0 Å². The van der Waals surface area contributed by atoms with Crippen LogP contribution in [0.25, 0.3) is 6.08 Å². The summed E-state index contributed by atoms with van der Waals surface area (Å²) in [5.74, 6) is -1.34. The molecule has 0 saturated carbocycles. The number of aryl methyl sites for hydroxylation is 1. The third-order valence-corrected chi connectivity index (χ3v) is 2.16. The first kappa shape index (κ1) is 13.0. The molecule has 0 aliphatic heterocycles. The monoisotopic (exact) mass is 237 g/mol. The van der Waals surface area contributed by atoms with Gasteiger partial charge in [-0.1, -0.05) is 0 Å². The van der Waals surface area contributed by atoms with E-state index in [1.807, 2.05) is 0 Å². The van der Waals surface area contributed by atoms with Gasteiger partial charge < -0.3 is 10.0 Å². The Hall–Kier alpha value is -2.11. The molecular formula is C11H15N3O3. The van der Waals surface area contributed by atoms with Crippen molar-refractivity contribution >= 4 is 18.0 Å². The molecule has 17 heavy (non-hydrogen) atoms. The average Bonchev–Trinajstić information content (AvgIpc) is 2.68. The van der Waals surface area contributed by atoms with Crippen LogP contribution < -0.4 is 0 Å². The van der Waals surface area contributed by atoms with Crippen LogP contribution in [0.2, 0.25) is 0 Å². The molecule has 1 heterocycles. The third-order valence-electron chi connectivity index (χ3n) is 2.16. The van der Waals surface area contributed by atoms with E-state index in [4.69, 9.17) is 5.11 Å². The molecular weight excluding hydrogens is 222 g/mol. The van der Waals surface area contributed by atoms with Crippen LogP contribution in [0.1, 0.15) is 12.5 Å². The molecule has 0 saturated heterocycles. The van der Waals surface area contributed by atoms with Gasteiger partial charge in [-0.15, -0.1) is 0 Å². The third kappa shape index (κ3) is 4.10. The maximum absolute atomic E-state index is 11.6. The lowest BCUT2D eigenvalue weighted by atomic mass is 10.3. The van der Waals surface area contributed by atoms with Crippen molar-refractivity contribution in [2.45, 2.75) is 6.92 Å². The summed E-state index contributed by atoms with van der Waals surface area (Å²) in [5, 5.41) is 12.6. The standard InChI is InChI=1S/C11H15N3O3/c1-3-14(8-11(16)17)10(15)5-4-9-6-12-13(2)7-9/h4-7H,3,8H2,1-2H3,(H,16,17)/b5-4+. The molecule has 0 unspecified atom stereocenters. The van der Waals surface area contributed by atoms with Gasteiger partial charge in [-0.25, -0.2) is 0 Å². The normalized spacial score (nSPS) is 10.7. The molecule has 6 nitrogen and oxygen atoms in total. The summed E-state index contributed by atoms with van der Waals surface area (Å²) in [6.07, 6.45) is 6.35. The number of rotatable bonds is 5. The molecule has 92 valence electrons. The van der Waals surface area contributed by atoms with Gasteiger partial charge in [-0.05, 0) is 13.0 Å². The van der Waals surface area contributed by atoms with Gasteiger partial charge in [-0.3, -0.25) is 14.3 Å². The number of hydrogen-bond donors (Lipinski definition) is 1. The molecule has 0 fully saturated rings. The summed E-state index contributed by atoms with van der Waals surface area (Å²) < 4.78 is 1.62. The van der Waals surface area contributed by atoms with Gasteiger partial charge in [0.1, 0.15) is 6.54 Å². The molecule has 0 radical (unpaired) electrons. The number of carbonyl (C=O) groups is 2. The largest absolute Gasteiger partial charge is 0.480 e. The first-order valence-electron chi connectivity index (χ1n) is 5.20. The smallest absolute Gasteiger partial charge is 0.323 e. The van der Waals surface area contributed by atoms with Crippen LogP contribution in [0.15, 0.2) is 18.5 Å². The molecule has 1 aromatic rings. The Kier molecular flexibility index (Phi) is 4.45. The summed E-state index contributed by atoms with van der Waals surface area (Å²) in [6.45, 7) is 1.81. The fraction of sp³-hybridized carbons (Fsp3) is 0.364. The number of likely N-dealkylation sites (N-methyl/N-ethyl adjacent to an activating group) is 1. The summed E-state index contributed by atoms with van der Waals surface area (Å²) in [4.78, 5) is 23.4. The lowest BCUT2D eigenvalue weighted by Crippen LogP contribution is -2.34. The van der Waals surface area contributed by atoms with E-state index < -0.39 is 5.97 Å². The van der Waals surface area contributed by atoms with Gasteiger partial charge in [0.2, 0.25) is 5.91 Å². The van der Waals surface area contributed by atoms with Crippen LogP contribution in [-0.4, -0.2) is 44.8 Å². The molecule has 0 aliphatic carbocycles. The highest BCUT2D eigenvalue weighted by atomic mass is 16.4. The zero-order valence-corrected chi connectivity index (χ0v) is 9.83. The molecule has 1 aromatic heterocycles. The maximum atomic E-state index is 11.6. The van der Waals surface area contributed by atoms with Crippen molar-refractivity contribution < 1.29 is 14.7 Å². The molecule has 0 aliphatic rings. The minimum absolute atomic E-state index is 0.285. The summed E-state index contributed by atoms with van der Waals surface area (Å²) in [5.41, 5.74) is 0.798. The van der Waals surface area contributed by atoms with Crippen LogP contribution in [0.3, 0.4) is 0 Å². The fourth-order valence-corrected chi connectivity index (χ4v) is 1.31. The second-order valence-corrected chi connectivity index (χ2v) is 3.53. The van der Waals surface area contributed by atoms with Crippen LogP contribution >= 0.6 is 0 Å². The van der Waals surface area contributed by atoms with Crippen molar-refractivity contribution in [1.82, 2.24) is 14.7 Å². The average molecular weight is 237 g/mol. The predicted molar refractivity (Wildman–Crippen MR) is 62.1 cm³/mol. The zero-order valence-electron chi connectivity index (χ0n) is 9.83. The molecule has 1 N–H and O–H groups in total. The lowest BCUT2D eigenvalue weighted by Gasteiger charge is -2.15. The van der Waals surface area contributed by atoms with Crippen molar-refractivity contribution in [2.75, 3.05) is 13.1 Å². The van der Waals surface area contributed by atoms with Crippen molar-refractivity contribution in [1.29, 1.82) is 0 Å². The molecule has 6 heteroatoms. The Labute approximate surface area is 99.1 Å². The molecule has 0 atom stereocenters. The number of amides is 1. The van der Waals surface area contributed by atoms with Crippen LogP contribution in [-0.2, 0) is 16.6 Å². The number of carboxylic acid groups (broad SMARTS) is 1. The number of aromatic nitrogens is 2. The number of aliphatic carboxylic acids is 1. The molecule has 0 bridgehead atoms. The van der Waals surface area contributed by atoms with Gasteiger partial charge in [0.05, 0.1) is 6.20 Å². The van der Waals surface area contributed by atoms with Crippen molar-refractivity contribution in [3.63, 3.8) is 0 Å². The minimum atomic E-state index is -1.02. The number of carboxylic acids is 1. The van der Waals surface area contributed by atoms with Gasteiger partial charge in [0, 0.05) is 31.4 Å². The molecule has 1 rings (SSSR count). The highest BCUT2D eigenvalue weighted by Crippen LogP contribution is 2.00. The number of nitrogens with zero attached hydrogens (tertiary/aromatic N) is 3. The minimum Gasteiger partial charge on any atom is -0.480 e. The van der Waals surface area contributed by atoms with Gasteiger partial charge in [-0.2, -0.15) is 5.10 Å². The Bertz CT molecular complexity index is 437.